The molecule has 3 aromatic rings. The molecule has 1 N–H and O–H groups in total. The SMILES string of the molecule is CN(CCNC(=O)c1ccc(=O)n(-c2ccccc2)n1)c1ccccc1. The monoisotopic (exact) mass is 348 g/mol. The topological polar surface area (TPSA) is 67.2 Å². The van der Waals surface area contributed by atoms with E-state index in [1.807, 2.05) is 55.6 Å². The quantitative estimate of drug-likeness (QED) is 0.741. The predicted molar refractivity (Wildman–Crippen MR) is 102 cm³/mol. The van der Waals surface area contributed by atoms with E-state index in [1.54, 1.807) is 12.1 Å². The molecule has 132 valence electrons. The van der Waals surface area contributed by atoms with Gasteiger partial charge in [-0.15, -0.1) is 0 Å². The zero-order valence-corrected chi connectivity index (χ0v) is 14.5. The van der Waals surface area contributed by atoms with E-state index >= 15 is 0 Å². The van der Waals surface area contributed by atoms with Crippen molar-refractivity contribution < 1.29 is 4.79 Å². The van der Waals surface area contributed by atoms with Crippen LogP contribution in [-0.4, -0.2) is 35.8 Å². The van der Waals surface area contributed by atoms with Gasteiger partial charge in [-0.05, 0) is 30.3 Å². The van der Waals surface area contributed by atoms with Gasteiger partial charge in [-0.2, -0.15) is 9.78 Å². The molecule has 6 nitrogen and oxygen atoms in total. The highest BCUT2D eigenvalue weighted by Crippen LogP contribution is 2.09. The number of hydrogen-bond donors (Lipinski definition) is 1. The Morgan fingerprint density at radius 2 is 1.65 bits per heavy atom. The Kier molecular flexibility index (Phi) is 5.43. The highest BCUT2D eigenvalue weighted by Gasteiger charge is 2.10. The van der Waals surface area contributed by atoms with Gasteiger partial charge < -0.3 is 10.2 Å². The van der Waals surface area contributed by atoms with E-state index in [-0.39, 0.29) is 17.2 Å². The van der Waals surface area contributed by atoms with E-state index in [0.717, 1.165) is 5.69 Å². The van der Waals surface area contributed by atoms with Gasteiger partial charge in [-0.25, -0.2) is 0 Å². The molecular weight excluding hydrogens is 328 g/mol. The van der Waals surface area contributed by atoms with Gasteiger partial charge in [0.15, 0.2) is 0 Å². The fourth-order valence-electron chi connectivity index (χ4n) is 2.53. The van der Waals surface area contributed by atoms with Crippen molar-refractivity contribution in [2.45, 2.75) is 0 Å². The van der Waals surface area contributed by atoms with Crippen LogP contribution in [0.2, 0.25) is 0 Å². The molecule has 0 saturated heterocycles. The van der Waals surface area contributed by atoms with Crippen LogP contribution < -0.4 is 15.8 Å². The van der Waals surface area contributed by atoms with Crippen molar-refractivity contribution in [3.63, 3.8) is 0 Å². The fraction of sp³-hybridized carbons (Fsp3) is 0.150. The van der Waals surface area contributed by atoms with Gasteiger partial charge in [0.1, 0.15) is 5.69 Å². The summed E-state index contributed by atoms with van der Waals surface area (Å²) in [7, 11) is 1.97. The number of para-hydroxylation sites is 2. The summed E-state index contributed by atoms with van der Waals surface area (Å²) in [6.07, 6.45) is 0. The van der Waals surface area contributed by atoms with Gasteiger partial charge in [-0.1, -0.05) is 36.4 Å². The normalized spacial score (nSPS) is 10.3. The molecule has 0 radical (unpaired) electrons. The number of benzene rings is 2. The molecule has 0 saturated carbocycles. The number of likely N-dealkylation sites (N-methyl/N-ethyl adjacent to an activating group) is 1. The third-order valence-electron chi connectivity index (χ3n) is 3.96. The van der Waals surface area contributed by atoms with Gasteiger partial charge in [0, 0.05) is 31.9 Å². The maximum atomic E-state index is 12.4. The minimum atomic E-state index is -0.309. The smallest absolute Gasteiger partial charge is 0.271 e. The number of carbonyl (C=O) groups excluding carboxylic acids is 1. The lowest BCUT2D eigenvalue weighted by atomic mass is 10.3. The van der Waals surface area contributed by atoms with Crippen LogP contribution in [-0.2, 0) is 0 Å². The van der Waals surface area contributed by atoms with Crippen LogP contribution in [0.1, 0.15) is 10.5 Å². The van der Waals surface area contributed by atoms with Crippen molar-refractivity contribution in [3.05, 3.63) is 88.8 Å². The van der Waals surface area contributed by atoms with Gasteiger partial charge in [0.05, 0.1) is 5.69 Å². The Bertz CT molecular complexity index is 923. The molecule has 0 aliphatic heterocycles. The Balaban J connectivity index is 1.64. The average molecular weight is 348 g/mol. The molecule has 26 heavy (non-hydrogen) atoms. The highest BCUT2D eigenvalue weighted by atomic mass is 16.2. The maximum absolute atomic E-state index is 12.4. The molecule has 1 heterocycles. The lowest BCUT2D eigenvalue weighted by molar-refractivity contribution is 0.0948. The second-order valence-corrected chi connectivity index (χ2v) is 5.82. The van der Waals surface area contributed by atoms with Crippen LogP contribution in [0.15, 0.2) is 77.6 Å². The van der Waals surface area contributed by atoms with Gasteiger partial charge >= 0.3 is 0 Å². The molecular formula is C20H20N4O2. The van der Waals surface area contributed by atoms with E-state index < -0.39 is 0 Å². The van der Waals surface area contributed by atoms with Gasteiger partial charge in [0.2, 0.25) is 0 Å². The third kappa shape index (κ3) is 4.16. The molecule has 0 aliphatic rings. The molecule has 0 atom stereocenters. The summed E-state index contributed by atoms with van der Waals surface area (Å²) in [5.74, 6) is -0.309. The Morgan fingerprint density at radius 3 is 2.35 bits per heavy atom. The second kappa shape index (κ2) is 8.11. The Labute approximate surface area is 151 Å². The Hall–Kier alpha value is -3.41. The van der Waals surface area contributed by atoms with Crippen molar-refractivity contribution in [2.75, 3.05) is 25.0 Å². The first-order valence-corrected chi connectivity index (χ1v) is 8.35. The standard InChI is InChI=1S/C20H20N4O2/c1-23(16-8-4-2-5-9-16)15-14-21-20(26)18-12-13-19(25)24(22-18)17-10-6-3-7-11-17/h2-13H,14-15H2,1H3,(H,21,26). The van der Waals surface area contributed by atoms with Crippen LogP contribution in [0.3, 0.4) is 0 Å². The predicted octanol–water partition coefficient (Wildman–Crippen LogP) is 2.10. The van der Waals surface area contributed by atoms with Crippen LogP contribution >= 0.6 is 0 Å². The molecule has 0 spiro atoms. The van der Waals surface area contributed by atoms with E-state index in [1.165, 1.54) is 16.8 Å². The molecule has 0 bridgehead atoms. The summed E-state index contributed by atoms with van der Waals surface area (Å²) < 4.78 is 1.23. The minimum Gasteiger partial charge on any atom is -0.373 e. The van der Waals surface area contributed by atoms with E-state index in [0.29, 0.717) is 18.8 Å². The number of rotatable bonds is 6. The molecule has 6 heteroatoms. The van der Waals surface area contributed by atoms with Crippen molar-refractivity contribution in [1.29, 1.82) is 0 Å². The van der Waals surface area contributed by atoms with E-state index in [9.17, 15) is 9.59 Å². The first-order chi connectivity index (χ1) is 12.6. The maximum Gasteiger partial charge on any atom is 0.271 e. The fourth-order valence-corrected chi connectivity index (χ4v) is 2.53. The molecule has 0 aliphatic carbocycles. The summed E-state index contributed by atoms with van der Waals surface area (Å²) >= 11 is 0. The largest absolute Gasteiger partial charge is 0.373 e. The zero-order chi connectivity index (χ0) is 18.4. The summed E-state index contributed by atoms with van der Waals surface area (Å²) in [6.45, 7) is 1.13. The third-order valence-corrected chi connectivity index (χ3v) is 3.96. The number of nitrogens with one attached hydrogen (secondary N) is 1. The molecule has 0 fully saturated rings. The van der Waals surface area contributed by atoms with Crippen molar-refractivity contribution >= 4 is 11.6 Å². The number of hydrogen-bond acceptors (Lipinski definition) is 4. The van der Waals surface area contributed by atoms with Gasteiger partial charge in [-0.3, -0.25) is 9.59 Å². The minimum absolute atomic E-state index is 0.204. The highest BCUT2D eigenvalue weighted by molar-refractivity contribution is 5.92. The lowest BCUT2D eigenvalue weighted by Gasteiger charge is -2.19. The number of carbonyl (C=O) groups is 1. The van der Waals surface area contributed by atoms with E-state index in [2.05, 4.69) is 15.3 Å². The summed E-state index contributed by atoms with van der Waals surface area (Å²) in [5.41, 5.74) is 1.63. The second-order valence-electron chi connectivity index (χ2n) is 5.82. The number of nitrogens with zero attached hydrogens (tertiary/aromatic N) is 3. The summed E-state index contributed by atoms with van der Waals surface area (Å²) in [6, 6.07) is 21.8. The molecule has 0 unspecified atom stereocenters. The average Bonchev–Trinajstić information content (AvgIpc) is 2.69. The number of amides is 1. The first kappa shape index (κ1) is 17.4. The number of anilines is 1. The lowest BCUT2D eigenvalue weighted by Crippen LogP contribution is -2.34. The Morgan fingerprint density at radius 1 is 1.00 bits per heavy atom. The van der Waals surface area contributed by atoms with Crippen LogP contribution in [0.4, 0.5) is 5.69 Å². The van der Waals surface area contributed by atoms with Crippen LogP contribution in [0.25, 0.3) is 5.69 Å². The number of aromatic nitrogens is 2. The summed E-state index contributed by atoms with van der Waals surface area (Å²) in [5, 5.41) is 7.02. The van der Waals surface area contributed by atoms with Crippen LogP contribution in [0, 0.1) is 0 Å². The molecule has 2 aromatic carbocycles. The van der Waals surface area contributed by atoms with Crippen molar-refractivity contribution in [3.8, 4) is 5.69 Å². The van der Waals surface area contributed by atoms with Crippen molar-refractivity contribution in [1.82, 2.24) is 15.1 Å². The van der Waals surface area contributed by atoms with Crippen molar-refractivity contribution in [2.24, 2.45) is 0 Å². The van der Waals surface area contributed by atoms with E-state index in [4.69, 9.17) is 0 Å². The molecule has 1 aromatic heterocycles. The molecule has 1 amide bonds. The first-order valence-electron chi connectivity index (χ1n) is 8.35. The van der Waals surface area contributed by atoms with Gasteiger partial charge in [0.25, 0.3) is 11.5 Å². The van der Waals surface area contributed by atoms with Crippen LogP contribution in [0.5, 0.6) is 0 Å². The molecule has 3 rings (SSSR count). The zero-order valence-electron chi connectivity index (χ0n) is 14.5. The summed E-state index contributed by atoms with van der Waals surface area (Å²) in [4.78, 5) is 26.4.